The Morgan fingerprint density at radius 1 is 1.14 bits per heavy atom. The van der Waals surface area contributed by atoms with Gasteiger partial charge >= 0.3 is 0 Å². The van der Waals surface area contributed by atoms with E-state index in [9.17, 15) is 4.39 Å². The van der Waals surface area contributed by atoms with Crippen LogP contribution >= 0.6 is 43.5 Å². The highest BCUT2D eigenvalue weighted by Crippen LogP contribution is 2.29. The lowest BCUT2D eigenvalue weighted by atomic mass is 9.99. The Balaban J connectivity index is 2.28. The summed E-state index contributed by atoms with van der Waals surface area (Å²) in [7, 11) is 0. The van der Waals surface area contributed by atoms with Gasteiger partial charge in [0.2, 0.25) is 0 Å². The molecule has 2 aromatic carbocycles. The van der Waals surface area contributed by atoms with E-state index in [2.05, 4.69) is 44.1 Å². The first-order chi connectivity index (χ1) is 10.0. The molecule has 0 fully saturated rings. The summed E-state index contributed by atoms with van der Waals surface area (Å²) in [4.78, 5) is 0. The van der Waals surface area contributed by atoms with E-state index in [0.29, 0.717) is 5.02 Å². The van der Waals surface area contributed by atoms with Crippen molar-refractivity contribution < 1.29 is 4.39 Å². The van der Waals surface area contributed by atoms with Crippen molar-refractivity contribution >= 4 is 43.5 Å². The van der Waals surface area contributed by atoms with Crippen molar-refractivity contribution in [2.75, 3.05) is 6.54 Å². The van der Waals surface area contributed by atoms with Crippen LogP contribution in [0, 0.1) is 5.82 Å². The lowest BCUT2D eigenvalue weighted by Gasteiger charge is -2.20. The Morgan fingerprint density at radius 3 is 2.52 bits per heavy atom. The Morgan fingerprint density at radius 2 is 1.90 bits per heavy atom. The molecule has 0 heterocycles. The fraction of sp³-hybridized carbons (Fsp3) is 0.250. The molecular formula is C16H15Br2ClFN. The summed E-state index contributed by atoms with van der Waals surface area (Å²) in [5.41, 5.74) is 2.21. The zero-order valence-electron chi connectivity index (χ0n) is 11.5. The molecule has 0 bridgehead atoms. The highest BCUT2D eigenvalue weighted by molar-refractivity contribution is 9.10. The van der Waals surface area contributed by atoms with E-state index in [1.54, 1.807) is 0 Å². The molecule has 0 saturated carbocycles. The Labute approximate surface area is 146 Å². The molecule has 2 aromatic rings. The fourth-order valence-electron chi connectivity index (χ4n) is 2.19. The quantitative estimate of drug-likeness (QED) is 0.617. The highest BCUT2D eigenvalue weighted by atomic mass is 79.9. The maximum atomic E-state index is 13.2. The summed E-state index contributed by atoms with van der Waals surface area (Å²) >= 11 is 12.9. The number of rotatable bonds is 5. The summed E-state index contributed by atoms with van der Waals surface area (Å²) in [5.74, 6) is -0.236. The molecule has 1 nitrogen and oxygen atoms in total. The molecule has 0 aliphatic heterocycles. The molecule has 0 saturated heterocycles. The van der Waals surface area contributed by atoms with E-state index in [-0.39, 0.29) is 11.9 Å². The van der Waals surface area contributed by atoms with Gasteiger partial charge in [0.05, 0.1) is 5.02 Å². The van der Waals surface area contributed by atoms with Crippen molar-refractivity contribution in [3.8, 4) is 0 Å². The van der Waals surface area contributed by atoms with Crippen LogP contribution in [0.15, 0.2) is 45.3 Å². The van der Waals surface area contributed by atoms with Gasteiger partial charge in [0.15, 0.2) is 0 Å². The average molecular weight is 436 g/mol. The first kappa shape index (κ1) is 16.9. The monoisotopic (exact) mass is 433 g/mol. The molecule has 1 N–H and O–H groups in total. The van der Waals surface area contributed by atoms with Crippen LogP contribution in [0.4, 0.5) is 4.39 Å². The average Bonchev–Trinajstić information content (AvgIpc) is 2.44. The van der Waals surface area contributed by atoms with Gasteiger partial charge in [-0.25, -0.2) is 4.39 Å². The largest absolute Gasteiger partial charge is 0.310 e. The molecule has 0 aliphatic carbocycles. The zero-order chi connectivity index (χ0) is 15.4. The van der Waals surface area contributed by atoms with Crippen molar-refractivity contribution in [3.63, 3.8) is 0 Å². The molecule has 112 valence electrons. The minimum atomic E-state index is -0.236. The third kappa shape index (κ3) is 4.52. The van der Waals surface area contributed by atoms with Crippen LogP contribution in [0.25, 0.3) is 0 Å². The van der Waals surface area contributed by atoms with E-state index in [0.717, 1.165) is 33.0 Å². The first-order valence-corrected chi connectivity index (χ1v) is 8.60. The van der Waals surface area contributed by atoms with Crippen LogP contribution < -0.4 is 5.32 Å². The minimum absolute atomic E-state index is 0.144. The lowest BCUT2D eigenvalue weighted by molar-refractivity contribution is 0.547. The predicted octanol–water partition coefficient (Wildman–Crippen LogP) is 5.90. The van der Waals surface area contributed by atoms with E-state index in [1.807, 2.05) is 24.3 Å². The number of halogens is 4. The molecule has 0 spiro atoms. The van der Waals surface area contributed by atoms with E-state index >= 15 is 0 Å². The van der Waals surface area contributed by atoms with Crippen molar-refractivity contribution in [3.05, 3.63) is 67.3 Å². The molecule has 1 atom stereocenters. The Hall–Kier alpha value is -0.420. The summed E-state index contributed by atoms with van der Waals surface area (Å²) in [6.07, 6.45) is 0.767. The van der Waals surface area contributed by atoms with Gasteiger partial charge in [-0.3, -0.25) is 0 Å². The smallest absolute Gasteiger partial charge is 0.124 e. The van der Waals surface area contributed by atoms with E-state index < -0.39 is 0 Å². The van der Waals surface area contributed by atoms with Gasteiger partial charge in [-0.1, -0.05) is 46.6 Å². The lowest BCUT2D eigenvalue weighted by Crippen LogP contribution is -2.23. The van der Waals surface area contributed by atoms with Crippen molar-refractivity contribution in [2.45, 2.75) is 19.4 Å². The molecular weight excluding hydrogens is 420 g/mol. The van der Waals surface area contributed by atoms with Crippen molar-refractivity contribution in [2.24, 2.45) is 0 Å². The van der Waals surface area contributed by atoms with Gasteiger partial charge in [-0.15, -0.1) is 0 Å². The number of benzene rings is 2. The predicted molar refractivity (Wildman–Crippen MR) is 93.4 cm³/mol. The molecule has 0 aromatic heterocycles. The molecule has 2 rings (SSSR count). The first-order valence-electron chi connectivity index (χ1n) is 6.63. The fourth-order valence-corrected chi connectivity index (χ4v) is 3.22. The highest BCUT2D eigenvalue weighted by Gasteiger charge is 2.14. The Kier molecular flexibility index (Phi) is 6.23. The van der Waals surface area contributed by atoms with Gasteiger partial charge in [-0.2, -0.15) is 0 Å². The summed E-state index contributed by atoms with van der Waals surface area (Å²) in [6.45, 7) is 2.92. The van der Waals surface area contributed by atoms with Gasteiger partial charge < -0.3 is 5.32 Å². The van der Waals surface area contributed by atoms with Gasteiger partial charge in [0.1, 0.15) is 5.82 Å². The topological polar surface area (TPSA) is 12.0 Å². The summed E-state index contributed by atoms with van der Waals surface area (Å²) in [6, 6.07) is 10.9. The van der Waals surface area contributed by atoms with Gasteiger partial charge in [-0.05, 0) is 64.3 Å². The normalized spacial score (nSPS) is 12.4. The molecule has 5 heteroatoms. The second-order valence-electron chi connectivity index (χ2n) is 4.72. The Bertz CT molecular complexity index is 634. The molecule has 0 amide bonds. The SMILES string of the molecule is CCNC(Cc1ccc(F)cc1Br)c1ccc(Cl)c(Br)c1. The molecule has 0 radical (unpaired) electrons. The zero-order valence-corrected chi connectivity index (χ0v) is 15.4. The van der Waals surface area contributed by atoms with Crippen molar-refractivity contribution in [1.29, 1.82) is 0 Å². The number of hydrogen-bond acceptors (Lipinski definition) is 1. The summed E-state index contributed by atoms with van der Waals surface area (Å²) in [5, 5.41) is 4.15. The molecule has 0 aliphatic rings. The molecule has 21 heavy (non-hydrogen) atoms. The standard InChI is InChI=1S/C16H15Br2ClFN/c1-2-21-16(11-4-6-15(19)14(18)7-11)8-10-3-5-12(20)9-13(10)17/h3-7,9,16,21H,2,8H2,1H3. The van der Waals surface area contributed by atoms with Crippen LogP contribution in [0.2, 0.25) is 5.02 Å². The number of nitrogens with one attached hydrogen (secondary N) is 1. The molecule has 1 unspecified atom stereocenters. The third-order valence-electron chi connectivity index (χ3n) is 3.24. The second kappa shape index (κ2) is 7.73. The maximum Gasteiger partial charge on any atom is 0.124 e. The van der Waals surface area contributed by atoms with Crippen LogP contribution in [0.5, 0.6) is 0 Å². The van der Waals surface area contributed by atoms with Gasteiger partial charge in [0.25, 0.3) is 0 Å². The number of likely N-dealkylation sites (N-methyl/N-ethyl adjacent to an activating group) is 1. The number of hydrogen-bond donors (Lipinski definition) is 1. The van der Waals surface area contributed by atoms with Crippen LogP contribution in [0.3, 0.4) is 0 Å². The summed E-state index contributed by atoms with van der Waals surface area (Å²) < 4.78 is 14.9. The van der Waals surface area contributed by atoms with E-state index in [4.69, 9.17) is 11.6 Å². The van der Waals surface area contributed by atoms with Crippen molar-refractivity contribution in [1.82, 2.24) is 5.32 Å². The minimum Gasteiger partial charge on any atom is -0.310 e. The van der Waals surface area contributed by atoms with Crippen LogP contribution in [-0.4, -0.2) is 6.54 Å². The van der Waals surface area contributed by atoms with E-state index in [1.165, 1.54) is 12.1 Å². The third-order valence-corrected chi connectivity index (χ3v) is 5.19. The van der Waals surface area contributed by atoms with Gasteiger partial charge in [0, 0.05) is 15.0 Å². The van der Waals surface area contributed by atoms with Crippen LogP contribution in [-0.2, 0) is 6.42 Å². The van der Waals surface area contributed by atoms with Crippen LogP contribution in [0.1, 0.15) is 24.1 Å². The maximum absolute atomic E-state index is 13.2. The second-order valence-corrected chi connectivity index (χ2v) is 6.84.